The highest BCUT2D eigenvalue weighted by Gasteiger charge is 2.15. The lowest BCUT2D eigenvalue weighted by atomic mass is 9.87. The first kappa shape index (κ1) is 17.0. The van der Waals surface area contributed by atoms with Crippen LogP contribution in [-0.2, 0) is 5.41 Å². The molecule has 0 amide bonds. The molecular formula is C23H22O2. The minimum Gasteiger partial charge on any atom is -0.423 e. The molecule has 0 aliphatic rings. The molecule has 3 rings (SSSR count). The molecule has 25 heavy (non-hydrogen) atoms. The van der Waals surface area contributed by atoms with E-state index in [1.54, 1.807) is 0 Å². The molecule has 0 bridgehead atoms. The second kappa shape index (κ2) is 6.94. The van der Waals surface area contributed by atoms with Crippen LogP contribution >= 0.6 is 0 Å². The molecule has 0 atom stereocenters. The fraction of sp³-hybridized carbons (Fsp3) is 0.174. The SMILES string of the molecule is CC(C)(C)c1ccc(C(=O)Oc2ccc(-c3ccccc3)cc2)cc1. The highest BCUT2D eigenvalue weighted by molar-refractivity contribution is 5.91. The maximum absolute atomic E-state index is 12.3. The average Bonchev–Trinajstić information content (AvgIpc) is 2.62. The number of carbonyl (C=O) groups is 1. The largest absolute Gasteiger partial charge is 0.423 e. The highest BCUT2D eigenvalue weighted by atomic mass is 16.5. The monoisotopic (exact) mass is 330 g/mol. The number of benzene rings is 3. The zero-order valence-corrected chi connectivity index (χ0v) is 14.8. The van der Waals surface area contributed by atoms with E-state index < -0.39 is 0 Å². The van der Waals surface area contributed by atoms with Crippen molar-refractivity contribution in [3.63, 3.8) is 0 Å². The van der Waals surface area contributed by atoms with Gasteiger partial charge in [0.25, 0.3) is 0 Å². The van der Waals surface area contributed by atoms with Crippen molar-refractivity contribution in [1.82, 2.24) is 0 Å². The van der Waals surface area contributed by atoms with Gasteiger partial charge >= 0.3 is 5.97 Å². The number of rotatable bonds is 3. The van der Waals surface area contributed by atoms with Gasteiger partial charge in [0, 0.05) is 0 Å². The maximum atomic E-state index is 12.3. The zero-order valence-electron chi connectivity index (χ0n) is 14.8. The second-order valence-electron chi connectivity index (χ2n) is 7.11. The molecule has 0 aromatic heterocycles. The molecule has 0 unspecified atom stereocenters. The predicted molar refractivity (Wildman–Crippen MR) is 102 cm³/mol. The molecule has 0 aliphatic carbocycles. The summed E-state index contributed by atoms with van der Waals surface area (Å²) in [6, 6.07) is 25.3. The fourth-order valence-corrected chi connectivity index (χ4v) is 2.62. The summed E-state index contributed by atoms with van der Waals surface area (Å²) in [6.45, 7) is 6.44. The minimum absolute atomic E-state index is 0.0652. The van der Waals surface area contributed by atoms with E-state index in [4.69, 9.17) is 4.74 Å². The van der Waals surface area contributed by atoms with Crippen molar-refractivity contribution < 1.29 is 9.53 Å². The molecule has 3 aromatic carbocycles. The summed E-state index contributed by atoms with van der Waals surface area (Å²) in [5, 5.41) is 0. The van der Waals surface area contributed by atoms with Crippen LogP contribution in [0, 0.1) is 0 Å². The van der Waals surface area contributed by atoms with E-state index in [0.29, 0.717) is 11.3 Å². The molecule has 0 N–H and O–H groups in total. The number of hydrogen-bond donors (Lipinski definition) is 0. The van der Waals surface area contributed by atoms with Gasteiger partial charge in [-0.15, -0.1) is 0 Å². The first-order valence-corrected chi connectivity index (χ1v) is 8.42. The molecule has 0 aliphatic heterocycles. The third-order valence-electron chi connectivity index (χ3n) is 4.16. The summed E-state index contributed by atoms with van der Waals surface area (Å²) in [5.74, 6) is 0.206. The van der Waals surface area contributed by atoms with Crippen LogP contribution in [-0.4, -0.2) is 5.97 Å². The van der Waals surface area contributed by atoms with Crippen LogP contribution in [0.25, 0.3) is 11.1 Å². The van der Waals surface area contributed by atoms with Gasteiger partial charge in [-0.25, -0.2) is 4.79 Å². The van der Waals surface area contributed by atoms with Gasteiger partial charge in [0.2, 0.25) is 0 Å². The first-order chi connectivity index (χ1) is 11.9. The molecule has 0 saturated carbocycles. The van der Waals surface area contributed by atoms with Gasteiger partial charge in [-0.05, 0) is 46.4 Å². The number of carbonyl (C=O) groups excluding carboxylic acids is 1. The summed E-state index contributed by atoms with van der Waals surface area (Å²) >= 11 is 0. The Hall–Kier alpha value is -2.87. The van der Waals surface area contributed by atoms with Crippen molar-refractivity contribution in [2.75, 3.05) is 0 Å². The van der Waals surface area contributed by atoms with E-state index in [1.807, 2.05) is 66.7 Å². The summed E-state index contributed by atoms with van der Waals surface area (Å²) in [7, 11) is 0. The Balaban J connectivity index is 1.71. The number of ether oxygens (including phenoxy) is 1. The van der Waals surface area contributed by atoms with Crippen LogP contribution in [0.2, 0.25) is 0 Å². The van der Waals surface area contributed by atoms with E-state index in [0.717, 1.165) is 11.1 Å². The summed E-state index contributed by atoms with van der Waals surface area (Å²) in [5.41, 5.74) is 4.04. The second-order valence-corrected chi connectivity index (χ2v) is 7.11. The van der Waals surface area contributed by atoms with Crippen LogP contribution in [0.1, 0.15) is 36.7 Å². The van der Waals surface area contributed by atoms with E-state index in [2.05, 4.69) is 32.9 Å². The maximum Gasteiger partial charge on any atom is 0.343 e. The van der Waals surface area contributed by atoms with E-state index in [-0.39, 0.29) is 11.4 Å². The van der Waals surface area contributed by atoms with Crippen LogP contribution in [0.15, 0.2) is 78.9 Å². The van der Waals surface area contributed by atoms with Crippen molar-refractivity contribution >= 4 is 5.97 Å². The Labute approximate surface area is 149 Å². The van der Waals surface area contributed by atoms with Gasteiger partial charge < -0.3 is 4.74 Å². The summed E-state index contributed by atoms with van der Waals surface area (Å²) in [4.78, 5) is 12.3. The fourth-order valence-electron chi connectivity index (χ4n) is 2.62. The Bertz CT molecular complexity index is 839. The van der Waals surface area contributed by atoms with Gasteiger partial charge in [0.1, 0.15) is 5.75 Å². The molecule has 0 heterocycles. The van der Waals surface area contributed by atoms with Crippen LogP contribution < -0.4 is 4.74 Å². The third-order valence-corrected chi connectivity index (χ3v) is 4.16. The summed E-state index contributed by atoms with van der Waals surface area (Å²) < 4.78 is 5.48. The van der Waals surface area contributed by atoms with Gasteiger partial charge in [-0.2, -0.15) is 0 Å². The average molecular weight is 330 g/mol. The first-order valence-electron chi connectivity index (χ1n) is 8.42. The molecule has 0 fully saturated rings. The smallest absolute Gasteiger partial charge is 0.343 e. The molecular weight excluding hydrogens is 308 g/mol. The Morgan fingerprint density at radius 3 is 1.84 bits per heavy atom. The minimum atomic E-state index is -0.340. The lowest BCUT2D eigenvalue weighted by Crippen LogP contribution is -2.12. The van der Waals surface area contributed by atoms with E-state index >= 15 is 0 Å². The van der Waals surface area contributed by atoms with Crippen molar-refractivity contribution in [3.05, 3.63) is 90.0 Å². The van der Waals surface area contributed by atoms with Gasteiger partial charge in [0.15, 0.2) is 0 Å². The molecule has 3 aromatic rings. The van der Waals surface area contributed by atoms with E-state index in [1.165, 1.54) is 5.56 Å². The predicted octanol–water partition coefficient (Wildman–Crippen LogP) is 5.87. The standard InChI is InChI=1S/C23H22O2/c1-23(2,3)20-13-9-19(10-14-20)22(24)25-21-15-11-18(12-16-21)17-7-5-4-6-8-17/h4-16H,1-3H3. The molecule has 0 saturated heterocycles. The Kier molecular flexibility index (Phi) is 4.71. The Morgan fingerprint density at radius 2 is 1.28 bits per heavy atom. The highest BCUT2D eigenvalue weighted by Crippen LogP contribution is 2.24. The summed E-state index contributed by atoms with van der Waals surface area (Å²) in [6.07, 6.45) is 0. The molecule has 126 valence electrons. The van der Waals surface area contributed by atoms with Gasteiger partial charge in [-0.1, -0.05) is 75.4 Å². The quantitative estimate of drug-likeness (QED) is 0.443. The lowest BCUT2D eigenvalue weighted by Gasteiger charge is -2.18. The number of hydrogen-bond acceptors (Lipinski definition) is 2. The van der Waals surface area contributed by atoms with Gasteiger partial charge in [-0.3, -0.25) is 0 Å². The topological polar surface area (TPSA) is 26.3 Å². The number of esters is 1. The van der Waals surface area contributed by atoms with Crippen molar-refractivity contribution in [1.29, 1.82) is 0 Å². The van der Waals surface area contributed by atoms with Crippen molar-refractivity contribution in [2.45, 2.75) is 26.2 Å². The van der Waals surface area contributed by atoms with E-state index in [9.17, 15) is 4.79 Å². The molecule has 0 spiro atoms. The molecule has 2 heteroatoms. The normalized spacial score (nSPS) is 11.2. The van der Waals surface area contributed by atoms with Crippen LogP contribution in [0.5, 0.6) is 5.75 Å². The lowest BCUT2D eigenvalue weighted by molar-refractivity contribution is 0.0734. The van der Waals surface area contributed by atoms with Crippen LogP contribution in [0.3, 0.4) is 0 Å². The van der Waals surface area contributed by atoms with Crippen molar-refractivity contribution in [3.8, 4) is 16.9 Å². The molecule has 2 nitrogen and oxygen atoms in total. The third kappa shape index (κ3) is 4.16. The van der Waals surface area contributed by atoms with Crippen LogP contribution in [0.4, 0.5) is 0 Å². The van der Waals surface area contributed by atoms with Crippen molar-refractivity contribution in [2.24, 2.45) is 0 Å². The van der Waals surface area contributed by atoms with Gasteiger partial charge in [0.05, 0.1) is 5.56 Å². The zero-order chi connectivity index (χ0) is 17.9. The Morgan fingerprint density at radius 1 is 0.720 bits per heavy atom. The molecule has 0 radical (unpaired) electrons.